The Labute approximate surface area is 113 Å². The predicted octanol–water partition coefficient (Wildman–Crippen LogP) is 5.12. The summed E-state index contributed by atoms with van der Waals surface area (Å²) in [6.45, 7) is 0. The fraction of sp³-hybridized carbons (Fsp3) is 0.600. The predicted molar refractivity (Wildman–Crippen MR) is 79.6 cm³/mol. The molecule has 1 aromatic rings. The first-order valence-corrected chi connectivity index (χ1v) is 8.76. The Morgan fingerprint density at radius 1 is 0.882 bits per heavy atom. The topological polar surface area (TPSA) is 0 Å². The zero-order chi connectivity index (χ0) is 11.6. The highest BCUT2D eigenvalue weighted by atomic mass is 32.2. The second-order valence-electron chi connectivity index (χ2n) is 5.43. The third-order valence-electron chi connectivity index (χ3n) is 4.07. The molecule has 1 saturated carbocycles. The molecule has 0 unspecified atom stereocenters. The summed E-state index contributed by atoms with van der Waals surface area (Å²) in [5, 5.41) is 0. The van der Waals surface area contributed by atoms with Gasteiger partial charge in [-0.1, -0.05) is 49.6 Å². The fourth-order valence-electron chi connectivity index (χ4n) is 2.99. The van der Waals surface area contributed by atoms with Gasteiger partial charge in [0.1, 0.15) is 0 Å². The zero-order valence-electron chi connectivity index (χ0n) is 10.2. The van der Waals surface area contributed by atoms with E-state index in [1.807, 2.05) is 0 Å². The number of hydrogen-bond acceptors (Lipinski definition) is 2. The van der Waals surface area contributed by atoms with E-state index >= 15 is 0 Å². The average molecular weight is 264 g/mol. The molecular formula is C15H20S2. The van der Waals surface area contributed by atoms with E-state index in [-0.39, 0.29) is 0 Å². The van der Waals surface area contributed by atoms with Gasteiger partial charge in [0, 0.05) is 11.5 Å². The Hall–Kier alpha value is -0.0800. The molecule has 17 heavy (non-hydrogen) atoms. The Morgan fingerprint density at radius 3 is 2.18 bits per heavy atom. The third kappa shape index (κ3) is 2.68. The highest BCUT2D eigenvalue weighted by molar-refractivity contribution is 8.17. The number of benzene rings is 1. The lowest BCUT2D eigenvalue weighted by molar-refractivity contribution is 0.256. The van der Waals surface area contributed by atoms with Gasteiger partial charge in [-0.15, -0.1) is 23.5 Å². The van der Waals surface area contributed by atoms with Crippen LogP contribution in [0, 0.1) is 5.41 Å². The van der Waals surface area contributed by atoms with E-state index in [0.29, 0.717) is 10.00 Å². The molecule has 1 spiro atoms. The molecule has 2 fully saturated rings. The van der Waals surface area contributed by atoms with Gasteiger partial charge in [0.15, 0.2) is 0 Å². The third-order valence-corrected chi connectivity index (χ3v) is 7.59. The molecule has 1 aliphatic carbocycles. The Balaban J connectivity index is 1.64. The molecule has 0 nitrogen and oxygen atoms in total. The molecule has 1 heterocycles. The number of rotatable bonds is 1. The van der Waals surface area contributed by atoms with Crippen LogP contribution in [0.1, 0.15) is 42.2 Å². The minimum absolute atomic E-state index is 0.684. The zero-order valence-corrected chi connectivity index (χ0v) is 11.9. The van der Waals surface area contributed by atoms with Gasteiger partial charge in [-0.3, -0.25) is 0 Å². The highest BCUT2D eigenvalue weighted by Gasteiger charge is 2.37. The van der Waals surface area contributed by atoms with E-state index in [0.717, 1.165) is 0 Å². The maximum absolute atomic E-state index is 2.28. The molecule has 1 aliphatic heterocycles. The summed E-state index contributed by atoms with van der Waals surface area (Å²) >= 11 is 4.37. The molecule has 1 aromatic carbocycles. The van der Waals surface area contributed by atoms with Crippen molar-refractivity contribution in [3.8, 4) is 0 Å². The van der Waals surface area contributed by atoms with Crippen molar-refractivity contribution in [1.82, 2.24) is 0 Å². The van der Waals surface area contributed by atoms with Gasteiger partial charge in [0.2, 0.25) is 0 Å². The maximum atomic E-state index is 2.28. The van der Waals surface area contributed by atoms with Gasteiger partial charge >= 0.3 is 0 Å². The molecule has 0 radical (unpaired) electrons. The quantitative estimate of drug-likeness (QED) is 0.691. The van der Waals surface area contributed by atoms with Crippen LogP contribution >= 0.6 is 23.5 Å². The van der Waals surface area contributed by atoms with E-state index in [4.69, 9.17) is 0 Å². The summed E-state index contributed by atoms with van der Waals surface area (Å²) in [6, 6.07) is 11.0. The molecule has 0 amide bonds. The smallest absolute Gasteiger partial charge is 0.0751 e. The highest BCUT2D eigenvalue weighted by Crippen LogP contribution is 2.54. The summed E-state index contributed by atoms with van der Waals surface area (Å²) in [7, 11) is 0. The molecule has 3 rings (SSSR count). The van der Waals surface area contributed by atoms with Crippen molar-refractivity contribution in [2.45, 2.75) is 36.7 Å². The largest absolute Gasteiger partial charge is 0.142 e. The summed E-state index contributed by atoms with van der Waals surface area (Å²) in [5.74, 6) is 2.78. The van der Waals surface area contributed by atoms with Gasteiger partial charge in [-0.2, -0.15) is 0 Å². The van der Waals surface area contributed by atoms with Crippen molar-refractivity contribution in [3.05, 3.63) is 35.9 Å². The molecule has 2 heteroatoms. The second kappa shape index (κ2) is 5.27. The molecule has 0 N–H and O–H groups in total. The monoisotopic (exact) mass is 264 g/mol. The van der Waals surface area contributed by atoms with E-state index in [1.54, 1.807) is 0 Å². The van der Waals surface area contributed by atoms with Crippen LogP contribution in [0.3, 0.4) is 0 Å². The summed E-state index contributed by atoms with van der Waals surface area (Å²) in [4.78, 5) is 0. The standard InChI is InChI=1S/C15H20S2/c1-3-7-13(8-4-1)14-16-11-15(12-17-14)9-5-2-6-10-15/h1,3-4,7-8,14H,2,5-6,9-12H2. The van der Waals surface area contributed by atoms with Crippen LogP contribution in [-0.4, -0.2) is 11.5 Å². The van der Waals surface area contributed by atoms with Crippen LogP contribution < -0.4 is 0 Å². The SMILES string of the molecule is c1ccc(C2SCC3(CCCCC3)CS2)cc1. The number of thioether (sulfide) groups is 2. The van der Waals surface area contributed by atoms with E-state index in [2.05, 4.69) is 53.9 Å². The molecular weight excluding hydrogens is 244 g/mol. The lowest BCUT2D eigenvalue weighted by atomic mass is 9.77. The van der Waals surface area contributed by atoms with Crippen LogP contribution in [0.2, 0.25) is 0 Å². The molecule has 0 atom stereocenters. The molecule has 0 bridgehead atoms. The maximum Gasteiger partial charge on any atom is 0.0751 e. The van der Waals surface area contributed by atoms with Crippen LogP contribution in [0.4, 0.5) is 0 Å². The van der Waals surface area contributed by atoms with Crippen molar-refractivity contribution in [2.24, 2.45) is 5.41 Å². The second-order valence-corrected chi connectivity index (χ2v) is 7.91. The summed E-state index contributed by atoms with van der Waals surface area (Å²) in [6.07, 6.45) is 7.37. The lowest BCUT2D eigenvalue weighted by Crippen LogP contribution is -2.32. The Bertz CT molecular complexity index is 344. The van der Waals surface area contributed by atoms with Gasteiger partial charge in [-0.25, -0.2) is 0 Å². The Morgan fingerprint density at radius 2 is 1.53 bits per heavy atom. The molecule has 2 aliphatic rings. The van der Waals surface area contributed by atoms with Crippen LogP contribution in [0.5, 0.6) is 0 Å². The first-order valence-electron chi connectivity index (χ1n) is 6.66. The van der Waals surface area contributed by atoms with Crippen molar-refractivity contribution < 1.29 is 0 Å². The Kier molecular flexibility index (Phi) is 3.72. The van der Waals surface area contributed by atoms with E-state index in [1.165, 1.54) is 49.2 Å². The fourth-order valence-corrected chi connectivity index (χ4v) is 6.40. The molecule has 1 saturated heterocycles. The van der Waals surface area contributed by atoms with Crippen molar-refractivity contribution in [1.29, 1.82) is 0 Å². The molecule has 0 aromatic heterocycles. The van der Waals surface area contributed by atoms with Crippen molar-refractivity contribution >= 4 is 23.5 Å². The van der Waals surface area contributed by atoms with Gasteiger partial charge in [0.25, 0.3) is 0 Å². The number of hydrogen-bond donors (Lipinski definition) is 0. The minimum Gasteiger partial charge on any atom is -0.142 e. The van der Waals surface area contributed by atoms with Crippen LogP contribution in [0.25, 0.3) is 0 Å². The van der Waals surface area contributed by atoms with Gasteiger partial charge in [-0.05, 0) is 23.8 Å². The van der Waals surface area contributed by atoms with Crippen molar-refractivity contribution in [2.75, 3.05) is 11.5 Å². The molecule has 92 valence electrons. The van der Waals surface area contributed by atoms with Crippen molar-refractivity contribution in [3.63, 3.8) is 0 Å². The van der Waals surface area contributed by atoms with Gasteiger partial charge in [0.05, 0.1) is 4.58 Å². The van der Waals surface area contributed by atoms with E-state index in [9.17, 15) is 0 Å². The first kappa shape index (κ1) is 12.0. The minimum atomic E-state index is 0.684. The van der Waals surface area contributed by atoms with Gasteiger partial charge < -0.3 is 0 Å². The summed E-state index contributed by atoms with van der Waals surface area (Å²) in [5.41, 5.74) is 2.20. The lowest BCUT2D eigenvalue weighted by Gasteiger charge is -2.42. The average Bonchev–Trinajstić information content (AvgIpc) is 2.42. The first-order chi connectivity index (χ1) is 8.38. The normalized spacial score (nSPS) is 24.9. The van der Waals surface area contributed by atoms with Crippen LogP contribution in [0.15, 0.2) is 30.3 Å². The van der Waals surface area contributed by atoms with E-state index < -0.39 is 0 Å². The summed E-state index contributed by atoms with van der Waals surface area (Å²) < 4.78 is 0.684. The van der Waals surface area contributed by atoms with Crippen LogP contribution in [-0.2, 0) is 0 Å².